The number of aromatic nitrogens is 4. The Hall–Kier alpha value is -2.40. The van der Waals surface area contributed by atoms with Gasteiger partial charge in [0.05, 0.1) is 12.4 Å². The van der Waals surface area contributed by atoms with Gasteiger partial charge < -0.3 is 19.3 Å². The van der Waals surface area contributed by atoms with Gasteiger partial charge >= 0.3 is 5.97 Å². The van der Waals surface area contributed by atoms with Gasteiger partial charge in [-0.1, -0.05) is 11.8 Å². The maximum absolute atomic E-state index is 11.7. The highest BCUT2D eigenvalue weighted by Gasteiger charge is 2.16. The van der Waals surface area contributed by atoms with E-state index in [4.69, 9.17) is 19.3 Å². The van der Waals surface area contributed by atoms with E-state index in [1.54, 1.807) is 19.1 Å². The molecule has 0 atom stereocenters. The largest absolute Gasteiger partial charge is 0.462 e. The standard InChI is InChI=1S/C14H12BrN5O4S/c1-2-22-13(21)7-5-17-14(18-11(7)16)25-6-10-19-20-12(24-10)8-3-4-9(15)23-8/h3-5H,2,6H2,1H3,(H2,16,17,18). The van der Waals surface area contributed by atoms with Crippen molar-refractivity contribution in [3.8, 4) is 11.7 Å². The first-order valence-electron chi connectivity index (χ1n) is 7.07. The van der Waals surface area contributed by atoms with E-state index in [9.17, 15) is 4.79 Å². The van der Waals surface area contributed by atoms with Crippen LogP contribution in [0.3, 0.4) is 0 Å². The van der Waals surface area contributed by atoms with Crippen LogP contribution in [0.5, 0.6) is 0 Å². The van der Waals surface area contributed by atoms with Crippen LogP contribution in [0.25, 0.3) is 11.7 Å². The minimum atomic E-state index is -0.553. The number of furan rings is 1. The average Bonchev–Trinajstić information content (AvgIpc) is 3.22. The predicted octanol–water partition coefficient (Wildman–Crippen LogP) is 2.93. The maximum atomic E-state index is 11.7. The number of anilines is 1. The zero-order valence-corrected chi connectivity index (χ0v) is 15.3. The lowest BCUT2D eigenvalue weighted by Crippen LogP contribution is -2.10. The number of carbonyl (C=O) groups excluding carboxylic acids is 1. The summed E-state index contributed by atoms with van der Waals surface area (Å²) >= 11 is 4.45. The van der Waals surface area contributed by atoms with Crippen LogP contribution in [-0.2, 0) is 10.5 Å². The van der Waals surface area contributed by atoms with Crippen molar-refractivity contribution in [2.75, 3.05) is 12.3 Å². The molecule has 3 heterocycles. The Morgan fingerprint density at radius 1 is 1.36 bits per heavy atom. The lowest BCUT2D eigenvalue weighted by Gasteiger charge is -2.05. The molecule has 0 radical (unpaired) electrons. The van der Waals surface area contributed by atoms with Gasteiger partial charge in [-0.3, -0.25) is 0 Å². The van der Waals surface area contributed by atoms with E-state index in [1.807, 2.05) is 0 Å². The normalized spacial score (nSPS) is 10.8. The molecule has 25 heavy (non-hydrogen) atoms. The highest BCUT2D eigenvalue weighted by Crippen LogP contribution is 2.26. The van der Waals surface area contributed by atoms with Crippen molar-refractivity contribution in [1.82, 2.24) is 20.2 Å². The van der Waals surface area contributed by atoms with Crippen molar-refractivity contribution in [1.29, 1.82) is 0 Å². The summed E-state index contributed by atoms with van der Waals surface area (Å²) in [6.07, 6.45) is 1.34. The lowest BCUT2D eigenvalue weighted by atomic mass is 10.3. The van der Waals surface area contributed by atoms with Crippen LogP contribution in [-0.4, -0.2) is 32.7 Å². The zero-order valence-electron chi connectivity index (χ0n) is 12.9. The Morgan fingerprint density at radius 2 is 2.20 bits per heavy atom. The molecule has 0 aromatic carbocycles. The molecular weight excluding hydrogens is 414 g/mol. The third-order valence-electron chi connectivity index (χ3n) is 2.87. The lowest BCUT2D eigenvalue weighted by molar-refractivity contribution is 0.0526. The van der Waals surface area contributed by atoms with Crippen LogP contribution in [0.4, 0.5) is 5.82 Å². The van der Waals surface area contributed by atoms with E-state index in [2.05, 4.69) is 36.1 Å². The zero-order chi connectivity index (χ0) is 17.8. The highest BCUT2D eigenvalue weighted by atomic mass is 79.9. The minimum Gasteiger partial charge on any atom is -0.462 e. The fourth-order valence-corrected chi connectivity index (χ4v) is 2.75. The van der Waals surface area contributed by atoms with Crippen molar-refractivity contribution in [2.24, 2.45) is 0 Å². The van der Waals surface area contributed by atoms with Crippen LogP contribution in [0.2, 0.25) is 0 Å². The molecule has 0 bridgehead atoms. The van der Waals surface area contributed by atoms with Crippen LogP contribution in [0.15, 0.2) is 37.0 Å². The number of nitrogens with two attached hydrogens (primary N) is 1. The molecule has 2 N–H and O–H groups in total. The number of halogens is 1. The first kappa shape index (κ1) is 17.4. The Bertz CT molecular complexity index is 897. The number of hydrogen-bond acceptors (Lipinski definition) is 10. The van der Waals surface area contributed by atoms with Gasteiger partial charge in [0.2, 0.25) is 5.89 Å². The van der Waals surface area contributed by atoms with Gasteiger partial charge in [-0.05, 0) is 35.0 Å². The van der Waals surface area contributed by atoms with Crippen molar-refractivity contribution in [3.05, 3.63) is 34.5 Å². The molecule has 3 aromatic rings. The summed E-state index contributed by atoms with van der Waals surface area (Å²) in [4.78, 5) is 19.8. The van der Waals surface area contributed by atoms with Crippen molar-refractivity contribution in [2.45, 2.75) is 17.8 Å². The molecule has 3 aromatic heterocycles. The summed E-state index contributed by atoms with van der Waals surface area (Å²) in [5, 5.41) is 8.23. The second kappa shape index (κ2) is 7.66. The number of esters is 1. The fraction of sp³-hybridized carbons (Fsp3) is 0.214. The van der Waals surface area contributed by atoms with Crippen LogP contribution in [0, 0.1) is 0 Å². The molecule has 3 rings (SSSR count). The smallest absolute Gasteiger partial charge is 0.343 e. The second-order valence-electron chi connectivity index (χ2n) is 4.57. The number of carbonyl (C=O) groups is 1. The third kappa shape index (κ3) is 4.17. The van der Waals surface area contributed by atoms with Gasteiger partial charge in [-0.2, -0.15) is 0 Å². The Balaban J connectivity index is 1.65. The molecule has 11 heteroatoms. The number of rotatable bonds is 6. The molecule has 130 valence electrons. The number of thioether (sulfide) groups is 1. The molecule has 0 spiro atoms. The molecule has 0 saturated heterocycles. The van der Waals surface area contributed by atoms with Crippen molar-refractivity contribution >= 4 is 39.5 Å². The Kier molecular flexibility index (Phi) is 5.34. The summed E-state index contributed by atoms with van der Waals surface area (Å²) < 4.78 is 16.3. The highest BCUT2D eigenvalue weighted by molar-refractivity contribution is 9.10. The van der Waals surface area contributed by atoms with E-state index in [1.165, 1.54) is 18.0 Å². The molecule has 0 amide bonds. The molecule has 0 aliphatic heterocycles. The average molecular weight is 426 g/mol. The molecule has 0 saturated carbocycles. The van der Waals surface area contributed by atoms with Gasteiger partial charge in [-0.15, -0.1) is 10.2 Å². The van der Waals surface area contributed by atoms with E-state index in [0.29, 0.717) is 27.2 Å². The van der Waals surface area contributed by atoms with E-state index < -0.39 is 5.97 Å². The van der Waals surface area contributed by atoms with Crippen molar-refractivity contribution in [3.63, 3.8) is 0 Å². The quantitative estimate of drug-likeness (QED) is 0.357. The molecular formula is C14H12BrN5O4S. The predicted molar refractivity (Wildman–Crippen MR) is 91.7 cm³/mol. The fourth-order valence-electron chi connectivity index (χ4n) is 1.78. The van der Waals surface area contributed by atoms with E-state index in [0.717, 1.165) is 0 Å². The third-order valence-corrected chi connectivity index (χ3v) is 4.14. The second-order valence-corrected chi connectivity index (χ2v) is 6.29. The van der Waals surface area contributed by atoms with Crippen LogP contribution in [0.1, 0.15) is 23.2 Å². The SMILES string of the molecule is CCOC(=O)c1cnc(SCc2nnc(-c3ccc(Br)o3)o2)nc1N. The summed E-state index contributed by atoms with van der Waals surface area (Å²) in [6, 6.07) is 3.45. The molecule has 0 aliphatic rings. The summed E-state index contributed by atoms with van der Waals surface area (Å²) in [5.74, 6) is 0.969. The molecule has 9 nitrogen and oxygen atoms in total. The van der Waals surface area contributed by atoms with Gasteiger partial charge in [0, 0.05) is 6.20 Å². The van der Waals surface area contributed by atoms with E-state index >= 15 is 0 Å². The topological polar surface area (TPSA) is 130 Å². The minimum absolute atomic E-state index is 0.0580. The Labute approximate surface area is 154 Å². The number of nitrogen functional groups attached to an aromatic ring is 1. The van der Waals surface area contributed by atoms with E-state index in [-0.39, 0.29) is 23.9 Å². The van der Waals surface area contributed by atoms with Gasteiger partial charge in [0.15, 0.2) is 15.6 Å². The summed E-state index contributed by atoms with van der Waals surface area (Å²) in [7, 11) is 0. The monoisotopic (exact) mass is 425 g/mol. The van der Waals surface area contributed by atoms with Crippen LogP contribution < -0.4 is 5.73 Å². The van der Waals surface area contributed by atoms with Gasteiger partial charge in [-0.25, -0.2) is 14.8 Å². The van der Waals surface area contributed by atoms with Crippen LogP contribution >= 0.6 is 27.7 Å². The van der Waals surface area contributed by atoms with Crippen molar-refractivity contribution < 1.29 is 18.4 Å². The summed E-state index contributed by atoms with van der Waals surface area (Å²) in [5.41, 5.74) is 5.90. The Morgan fingerprint density at radius 3 is 2.88 bits per heavy atom. The first-order chi connectivity index (χ1) is 12.1. The van der Waals surface area contributed by atoms with Gasteiger partial charge in [0.25, 0.3) is 5.89 Å². The molecule has 0 fully saturated rings. The summed E-state index contributed by atoms with van der Waals surface area (Å²) in [6.45, 7) is 1.96. The first-order valence-corrected chi connectivity index (χ1v) is 8.85. The number of ether oxygens (including phenoxy) is 1. The number of nitrogens with zero attached hydrogens (tertiary/aromatic N) is 4. The number of hydrogen-bond donors (Lipinski definition) is 1. The molecule has 0 aliphatic carbocycles. The molecule has 0 unspecified atom stereocenters. The maximum Gasteiger partial charge on any atom is 0.343 e. The van der Waals surface area contributed by atoms with Gasteiger partial charge in [0.1, 0.15) is 11.4 Å².